The molecule has 11 aromatic carbocycles. The predicted octanol–water partition coefficient (Wildman–Crippen LogP) is 17.8. The highest BCUT2D eigenvalue weighted by atomic mass is 14.2. The lowest BCUT2D eigenvalue weighted by molar-refractivity contribution is 1.55. The minimum atomic E-state index is 1.15. The second-order valence-corrected chi connectivity index (χ2v) is 16.8. The number of fused-ring (bicyclic) bond motifs is 2. The quantitative estimate of drug-likeness (QED) is 0.0951. The third-order valence-electron chi connectivity index (χ3n) is 12.7. The molecule has 0 saturated heterocycles. The molecule has 11 aromatic rings. The monoisotopic (exact) mass is 838 g/mol. The summed E-state index contributed by atoms with van der Waals surface area (Å²) in [6.07, 6.45) is 4.62. The van der Waals surface area contributed by atoms with E-state index in [1.54, 1.807) is 0 Å². The van der Waals surface area contributed by atoms with Crippen LogP contribution in [0.15, 0.2) is 267 Å². The number of benzene rings is 11. The van der Waals surface area contributed by atoms with E-state index in [0.29, 0.717) is 0 Å². The fraction of sp³-hybridized carbons (Fsp3) is 0. The van der Waals surface area contributed by atoms with Crippen molar-refractivity contribution in [1.82, 2.24) is 0 Å². The number of hydrogen-bond donors (Lipinski definition) is 0. The SMILES string of the molecule is C(=C(c1ccccc1)c1ccccc1)c1ccc(-c2c3ccccc3c(-c3ccc(C=C(c4ccccc4)c4ccccc4)cc3)c3cc(-c4ccccc4-c4ccccc4)ccc23)cc1. The number of rotatable bonds is 10. The minimum Gasteiger partial charge on any atom is -0.0622 e. The maximum atomic E-state index is 2.43. The van der Waals surface area contributed by atoms with Gasteiger partial charge in [0.15, 0.2) is 0 Å². The second-order valence-electron chi connectivity index (χ2n) is 16.8. The molecule has 0 spiro atoms. The van der Waals surface area contributed by atoms with Crippen molar-refractivity contribution < 1.29 is 0 Å². The van der Waals surface area contributed by atoms with Crippen LogP contribution in [0, 0.1) is 0 Å². The summed E-state index contributed by atoms with van der Waals surface area (Å²) in [6, 6.07) is 96.6. The molecule has 66 heavy (non-hydrogen) atoms. The Hall–Kier alpha value is -8.58. The standard InChI is InChI=1S/C66H46/c1-6-20-49(21-7-1)57-30-16-17-31-58(57)56-42-43-61-64(46-56)66(55-40-36-48(37-41-55)45-63(52-26-12-4-13-27-52)53-28-14-5-15-29-53)60-33-19-18-32-59(60)65(61)54-38-34-47(35-39-54)44-62(50-22-8-2-9-23-50)51-24-10-3-11-25-51/h1-46H. The van der Waals surface area contributed by atoms with Gasteiger partial charge in [0.25, 0.3) is 0 Å². The molecule has 0 nitrogen and oxygen atoms in total. The van der Waals surface area contributed by atoms with E-state index in [9.17, 15) is 0 Å². The molecule has 0 fully saturated rings. The molecular formula is C66H46. The molecule has 0 atom stereocenters. The Morgan fingerprint density at radius 2 is 0.545 bits per heavy atom. The Balaban J connectivity index is 1.09. The smallest absolute Gasteiger partial charge is 0.00261 e. The van der Waals surface area contributed by atoms with Gasteiger partial charge in [0.05, 0.1) is 0 Å². The van der Waals surface area contributed by atoms with Crippen molar-refractivity contribution >= 4 is 44.8 Å². The van der Waals surface area contributed by atoms with Crippen LogP contribution in [-0.4, -0.2) is 0 Å². The fourth-order valence-electron chi connectivity index (χ4n) is 9.54. The van der Waals surface area contributed by atoms with Crippen molar-refractivity contribution in [2.24, 2.45) is 0 Å². The Kier molecular flexibility index (Phi) is 11.1. The van der Waals surface area contributed by atoms with Gasteiger partial charge in [-0.05, 0) is 129 Å². The average molecular weight is 839 g/mol. The third-order valence-corrected chi connectivity index (χ3v) is 12.7. The summed E-state index contributed by atoms with van der Waals surface area (Å²) in [5.74, 6) is 0. The Labute approximate surface area is 387 Å². The first-order valence-corrected chi connectivity index (χ1v) is 22.7. The fourth-order valence-corrected chi connectivity index (χ4v) is 9.54. The summed E-state index contributed by atoms with van der Waals surface area (Å²) >= 11 is 0. The van der Waals surface area contributed by atoms with Crippen molar-refractivity contribution in [3.05, 3.63) is 300 Å². The van der Waals surface area contributed by atoms with Gasteiger partial charge in [0.1, 0.15) is 0 Å². The van der Waals surface area contributed by atoms with E-state index in [2.05, 4.69) is 279 Å². The molecule has 0 amide bonds. The maximum Gasteiger partial charge on any atom is -0.00261 e. The van der Waals surface area contributed by atoms with Crippen LogP contribution < -0.4 is 0 Å². The van der Waals surface area contributed by atoms with Gasteiger partial charge in [-0.3, -0.25) is 0 Å². The summed E-state index contributed by atoms with van der Waals surface area (Å²) in [7, 11) is 0. The van der Waals surface area contributed by atoms with Crippen LogP contribution in [-0.2, 0) is 0 Å². The molecule has 0 aliphatic heterocycles. The lowest BCUT2D eigenvalue weighted by Crippen LogP contribution is -1.93. The van der Waals surface area contributed by atoms with E-state index in [4.69, 9.17) is 0 Å². The Morgan fingerprint density at radius 1 is 0.227 bits per heavy atom. The van der Waals surface area contributed by atoms with Crippen LogP contribution in [0.4, 0.5) is 0 Å². The molecule has 0 unspecified atom stereocenters. The predicted molar refractivity (Wildman–Crippen MR) is 283 cm³/mol. The van der Waals surface area contributed by atoms with Gasteiger partial charge in [-0.25, -0.2) is 0 Å². The molecule has 0 heterocycles. The first kappa shape index (κ1) is 40.2. The van der Waals surface area contributed by atoms with E-state index < -0.39 is 0 Å². The minimum absolute atomic E-state index is 1.15. The van der Waals surface area contributed by atoms with Crippen LogP contribution >= 0.6 is 0 Å². The van der Waals surface area contributed by atoms with Gasteiger partial charge < -0.3 is 0 Å². The van der Waals surface area contributed by atoms with Gasteiger partial charge in [-0.15, -0.1) is 0 Å². The molecule has 0 heteroatoms. The van der Waals surface area contributed by atoms with E-state index >= 15 is 0 Å². The second kappa shape index (κ2) is 18.3. The highest BCUT2D eigenvalue weighted by Gasteiger charge is 2.19. The Morgan fingerprint density at radius 3 is 0.970 bits per heavy atom. The first-order valence-electron chi connectivity index (χ1n) is 22.7. The summed E-state index contributed by atoms with van der Waals surface area (Å²) < 4.78 is 0. The van der Waals surface area contributed by atoms with Gasteiger partial charge in [0, 0.05) is 0 Å². The largest absolute Gasteiger partial charge is 0.0622 e. The van der Waals surface area contributed by atoms with E-state index in [0.717, 1.165) is 11.1 Å². The van der Waals surface area contributed by atoms with Crippen LogP contribution in [0.3, 0.4) is 0 Å². The summed E-state index contributed by atoms with van der Waals surface area (Å²) in [5, 5.41) is 4.91. The molecule has 11 rings (SSSR count). The maximum absolute atomic E-state index is 2.43. The highest BCUT2D eigenvalue weighted by molar-refractivity contribution is 6.22. The first-order chi connectivity index (χ1) is 32.7. The zero-order valence-electron chi connectivity index (χ0n) is 36.6. The molecule has 0 aliphatic rings. The summed E-state index contributed by atoms with van der Waals surface area (Å²) in [5.41, 5.74) is 19.2. The zero-order valence-corrected chi connectivity index (χ0v) is 36.6. The van der Waals surface area contributed by atoms with Crippen molar-refractivity contribution in [3.63, 3.8) is 0 Å². The molecule has 0 N–H and O–H groups in total. The van der Waals surface area contributed by atoms with Crippen LogP contribution in [0.25, 0.3) is 89.4 Å². The van der Waals surface area contributed by atoms with Gasteiger partial charge in [0.2, 0.25) is 0 Å². The van der Waals surface area contributed by atoms with Crippen molar-refractivity contribution in [1.29, 1.82) is 0 Å². The summed E-state index contributed by atoms with van der Waals surface area (Å²) in [4.78, 5) is 0. The third kappa shape index (κ3) is 8.09. The molecule has 310 valence electrons. The zero-order chi connectivity index (χ0) is 44.1. The molecule has 0 aliphatic carbocycles. The van der Waals surface area contributed by atoms with E-state index in [1.165, 1.54) is 99.5 Å². The average Bonchev–Trinajstić information content (AvgIpc) is 3.40. The van der Waals surface area contributed by atoms with Crippen molar-refractivity contribution in [2.45, 2.75) is 0 Å². The Bertz CT molecular complexity index is 3410. The normalized spacial score (nSPS) is 11.0. The van der Waals surface area contributed by atoms with Gasteiger partial charge in [-0.1, -0.05) is 261 Å². The molecule has 0 radical (unpaired) electrons. The van der Waals surface area contributed by atoms with Crippen molar-refractivity contribution in [3.8, 4) is 44.5 Å². The molecule has 0 saturated carbocycles. The van der Waals surface area contributed by atoms with Crippen LogP contribution in [0.2, 0.25) is 0 Å². The van der Waals surface area contributed by atoms with Gasteiger partial charge >= 0.3 is 0 Å². The summed E-state index contributed by atoms with van der Waals surface area (Å²) in [6.45, 7) is 0. The van der Waals surface area contributed by atoms with E-state index in [-0.39, 0.29) is 0 Å². The van der Waals surface area contributed by atoms with Gasteiger partial charge in [-0.2, -0.15) is 0 Å². The highest BCUT2D eigenvalue weighted by Crippen LogP contribution is 2.46. The van der Waals surface area contributed by atoms with Crippen LogP contribution in [0.5, 0.6) is 0 Å². The molecule has 0 bridgehead atoms. The molecule has 0 aromatic heterocycles. The lowest BCUT2D eigenvalue weighted by atomic mass is 9.84. The molecular weight excluding hydrogens is 793 g/mol. The lowest BCUT2D eigenvalue weighted by Gasteiger charge is -2.19. The van der Waals surface area contributed by atoms with Crippen molar-refractivity contribution in [2.75, 3.05) is 0 Å². The van der Waals surface area contributed by atoms with Crippen LogP contribution in [0.1, 0.15) is 33.4 Å². The van der Waals surface area contributed by atoms with E-state index in [1.807, 2.05) is 0 Å². The number of hydrogen-bond acceptors (Lipinski definition) is 0. The topological polar surface area (TPSA) is 0 Å².